The summed E-state index contributed by atoms with van der Waals surface area (Å²) in [6.45, 7) is 0.314. The van der Waals surface area contributed by atoms with Gasteiger partial charge in [-0.15, -0.1) is 0 Å². The number of aryl methyl sites for hydroxylation is 1. The fourth-order valence-electron chi connectivity index (χ4n) is 1.65. The van der Waals surface area contributed by atoms with E-state index in [0.717, 1.165) is 5.69 Å². The van der Waals surface area contributed by atoms with Crippen molar-refractivity contribution in [1.82, 2.24) is 19.7 Å². The van der Waals surface area contributed by atoms with Gasteiger partial charge in [-0.2, -0.15) is 5.10 Å². The van der Waals surface area contributed by atoms with Gasteiger partial charge in [0.05, 0.1) is 12.2 Å². The highest BCUT2D eigenvalue weighted by atomic mass is 16.2. The van der Waals surface area contributed by atoms with Crippen molar-refractivity contribution in [3.8, 4) is 0 Å². The third kappa shape index (κ3) is 3.21. The number of hydrogen-bond acceptors (Lipinski definition) is 4. The van der Waals surface area contributed by atoms with Crippen molar-refractivity contribution in [3.05, 3.63) is 46.6 Å². The number of nitrogens with zero attached hydrogens (tertiary/aromatic N) is 3. The maximum Gasteiger partial charge on any atom is 0.251 e. The van der Waals surface area contributed by atoms with Gasteiger partial charge in [-0.1, -0.05) is 0 Å². The Labute approximate surface area is 109 Å². The summed E-state index contributed by atoms with van der Waals surface area (Å²) in [6, 6.07) is 4.66. The van der Waals surface area contributed by atoms with Crippen LogP contribution in [0.25, 0.3) is 0 Å². The van der Waals surface area contributed by atoms with Gasteiger partial charge in [-0.25, -0.2) is 0 Å². The Balaban J connectivity index is 1.96. The molecule has 0 spiro atoms. The van der Waals surface area contributed by atoms with Crippen molar-refractivity contribution in [2.45, 2.75) is 13.1 Å². The lowest BCUT2D eigenvalue weighted by atomic mass is 10.4. The molecule has 3 N–H and O–H groups in total. The molecule has 7 nitrogen and oxygen atoms in total. The fraction of sp³-hybridized carbons (Fsp3) is 0.250. The van der Waals surface area contributed by atoms with Crippen LogP contribution in [0.2, 0.25) is 0 Å². The second-order valence-electron chi connectivity index (χ2n) is 4.15. The van der Waals surface area contributed by atoms with Crippen LogP contribution in [-0.4, -0.2) is 20.3 Å². The number of carbonyl (C=O) groups is 1. The lowest BCUT2D eigenvalue weighted by Gasteiger charge is -2.08. The molecule has 0 fully saturated rings. The van der Waals surface area contributed by atoms with Crippen LogP contribution in [0.5, 0.6) is 0 Å². The zero-order valence-electron chi connectivity index (χ0n) is 10.5. The monoisotopic (exact) mass is 261 g/mol. The summed E-state index contributed by atoms with van der Waals surface area (Å²) in [7, 11) is 1.80. The van der Waals surface area contributed by atoms with E-state index >= 15 is 0 Å². The van der Waals surface area contributed by atoms with Gasteiger partial charge in [0.2, 0.25) is 5.91 Å². The molecule has 0 saturated heterocycles. The van der Waals surface area contributed by atoms with Gasteiger partial charge in [0.1, 0.15) is 6.54 Å². The van der Waals surface area contributed by atoms with Crippen molar-refractivity contribution < 1.29 is 4.79 Å². The Kier molecular flexibility index (Phi) is 3.65. The van der Waals surface area contributed by atoms with Crippen LogP contribution in [0.3, 0.4) is 0 Å². The number of nitrogen functional groups attached to an aromatic ring is 1. The highest BCUT2D eigenvalue weighted by molar-refractivity contribution is 5.75. The van der Waals surface area contributed by atoms with Gasteiger partial charge in [0, 0.05) is 31.2 Å². The number of carbonyl (C=O) groups excluding carboxylic acids is 1. The van der Waals surface area contributed by atoms with Crippen molar-refractivity contribution >= 4 is 11.6 Å². The Morgan fingerprint density at radius 3 is 2.89 bits per heavy atom. The number of amides is 1. The second kappa shape index (κ2) is 5.38. The van der Waals surface area contributed by atoms with Crippen LogP contribution in [0.15, 0.2) is 35.4 Å². The van der Waals surface area contributed by atoms with Crippen LogP contribution in [0.1, 0.15) is 5.69 Å². The summed E-state index contributed by atoms with van der Waals surface area (Å²) in [5, 5.41) is 6.72. The Morgan fingerprint density at radius 2 is 2.21 bits per heavy atom. The minimum absolute atomic E-state index is 0.0538. The van der Waals surface area contributed by atoms with Crippen LogP contribution in [0.4, 0.5) is 5.69 Å². The van der Waals surface area contributed by atoms with Gasteiger partial charge in [0.15, 0.2) is 0 Å². The first-order valence-electron chi connectivity index (χ1n) is 5.76. The molecule has 0 unspecified atom stereocenters. The maximum absolute atomic E-state index is 11.7. The number of hydrogen-bond donors (Lipinski definition) is 2. The first-order chi connectivity index (χ1) is 9.06. The average Bonchev–Trinajstić information content (AvgIpc) is 2.77. The second-order valence-corrected chi connectivity index (χ2v) is 4.15. The first-order valence-corrected chi connectivity index (χ1v) is 5.76. The van der Waals surface area contributed by atoms with Crippen molar-refractivity contribution in [3.63, 3.8) is 0 Å². The van der Waals surface area contributed by atoms with Crippen LogP contribution in [-0.2, 0) is 24.9 Å². The molecule has 0 saturated carbocycles. The van der Waals surface area contributed by atoms with E-state index in [2.05, 4.69) is 10.4 Å². The molecule has 0 aromatic carbocycles. The Hall–Kier alpha value is -2.57. The highest BCUT2D eigenvalue weighted by Gasteiger charge is 2.06. The van der Waals surface area contributed by atoms with E-state index in [9.17, 15) is 9.59 Å². The molecule has 2 heterocycles. The summed E-state index contributed by atoms with van der Waals surface area (Å²) in [4.78, 5) is 23.2. The Bertz CT molecular complexity index is 644. The third-order valence-corrected chi connectivity index (χ3v) is 2.71. The molecule has 2 aromatic rings. The van der Waals surface area contributed by atoms with Gasteiger partial charge < -0.3 is 15.6 Å². The summed E-state index contributed by atoms with van der Waals surface area (Å²) in [5.41, 5.74) is 6.64. The molecule has 2 rings (SSSR count). The molecule has 0 atom stereocenters. The van der Waals surface area contributed by atoms with Gasteiger partial charge >= 0.3 is 0 Å². The van der Waals surface area contributed by atoms with E-state index in [-0.39, 0.29) is 18.0 Å². The molecule has 1 amide bonds. The number of nitrogens with two attached hydrogens (primary N) is 1. The summed E-state index contributed by atoms with van der Waals surface area (Å²) < 4.78 is 2.95. The molecule has 100 valence electrons. The highest BCUT2D eigenvalue weighted by Crippen LogP contribution is 1.97. The van der Waals surface area contributed by atoms with E-state index in [1.165, 1.54) is 22.9 Å². The van der Waals surface area contributed by atoms with Crippen LogP contribution in [0, 0.1) is 0 Å². The van der Waals surface area contributed by atoms with E-state index < -0.39 is 0 Å². The third-order valence-electron chi connectivity index (χ3n) is 2.71. The van der Waals surface area contributed by atoms with Crippen molar-refractivity contribution in [2.24, 2.45) is 7.05 Å². The topological polar surface area (TPSA) is 94.9 Å². The lowest BCUT2D eigenvalue weighted by molar-refractivity contribution is -0.121. The minimum Gasteiger partial charge on any atom is -0.398 e. The smallest absolute Gasteiger partial charge is 0.251 e. The first kappa shape index (κ1) is 12.9. The molecule has 0 aliphatic carbocycles. The lowest BCUT2D eigenvalue weighted by Crippen LogP contribution is -2.32. The van der Waals surface area contributed by atoms with Crippen molar-refractivity contribution in [1.29, 1.82) is 0 Å². The standard InChI is InChI=1S/C12H15N5O2/c1-16-10(4-5-15-16)6-14-11(18)8-17-7-9(13)2-3-12(17)19/h2-5,7H,6,8,13H2,1H3,(H,14,18). The zero-order valence-corrected chi connectivity index (χ0v) is 10.5. The van der Waals surface area contributed by atoms with E-state index in [0.29, 0.717) is 12.2 Å². The largest absolute Gasteiger partial charge is 0.398 e. The number of nitrogens with one attached hydrogen (secondary N) is 1. The van der Waals surface area contributed by atoms with Crippen molar-refractivity contribution in [2.75, 3.05) is 5.73 Å². The predicted octanol–water partition coefficient (Wildman–Crippen LogP) is -0.520. The van der Waals surface area contributed by atoms with Gasteiger partial charge in [0.25, 0.3) is 5.56 Å². The molecular weight excluding hydrogens is 246 g/mol. The maximum atomic E-state index is 11.7. The van der Waals surface area contributed by atoms with Crippen LogP contribution >= 0.6 is 0 Å². The summed E-state index contributed by atoms with van der Waals surface area (Å²) in [6.07, 6.45) is 3.11. The molecule has 2 aromatic heterocycles. The Morgan fingerprint density at radius 1 is 1.42 bits per heavy atom. The van der Waals surface area contributed by atoms with Gasteiger partial charge in [-0.3, -0.25) is 14.3 Å². The molecule has 0 radical (unpaired) electrons. The molecular formula is C12H15N5O2. The quantitative estimate of drug-likeness (QED) is 0.774. The number of pyridine rings is 1. The number of aromatic nitrogens is 3. The zero-order chi connectivity index (χ0) is 13.8. The number of rotatable bonds is 4. The summed E-state index contributed by atoms with van der Waals surface area (Å²) >= 11 is 0. The van der Waals surface area contributed by atoms with Gasteiger partial charge in [-0.05, 0) is 12.1 Å². The molecule has 0 aliphatic heterocycles. The molecule has 7 heteroatoms. The predicted molar refractivity (Wildman–Crippen MR) is 70.2 cm³/mol. The van der Waals surface area contributed by atoms with E-state index in [1.54, 1.807) is 17.9 Å². The molecule has 0 aliphatic rings. The molecule has 0 bridgehead atoms. The van der Waals surface area contributed by atoms with E-state index in [1.807, 2.05) is 6.07 Å². The average molecular weight is 261 g/mol. The summed E-state index contributed by atoms with van der Waals surface area (Å²) in [5.74, 6) is -0.256. The normalized spacial score (nSPS) is 10.4. The molecule has 19 heavy (non-hydrogen) atoms. The SMILES string of the molecule is Cn1nccc1CNC(=O)Cn1cc(N)ccc1=O. The number of anilines is 1. The van der Waals surface area contributed by atoms with Crippen LogP contribution < -0.4 is 16.6 Å². The fourth-order valence-corrected chi connectivity index (χ4v) is 1.65. The minimum atomic E-state index is -0.259. The van der Waals surface area contributed by atoms with E-state index in [4.69, 9.17) is 5.73 Å².